The van der Waals surface area contributed by atoms with Gasteiger partial charge in [0.15, 0.2) is 5.96 Å². The van der Waals surface area contributed by atoms with E-state index in [0.29, 0.717) is 13.2 Å². The maximum atomic E-state index is 5.72. The van der Waals surface area contributed by atoms with Gasteiger partial charge in [-0.15, -0.1) is 0 Å². The first-order valence-corrected chi connectivity index (χ1v) is 10.7. The summed E-state index contributed by atoms with van der Waals surface area (Å²) in [6, 6.07) is 12.7. The van der Waals surface area contributed by atoms with Crippen molar-refractivity contribution in [2.75, 3.05) is 32.8 Å². The van der Waals surface area contributed by atoms with Gasteiger partial charge in [-0.25, -0.2) is 4.99 Å². The van der Waals surface area contributed by atoms with E-state index in [4.69, 9.17) is 14.1 Å². The molecule has 6 nitrogen and oxygen atoms in total. The first-order valence-electron chi connectivity index (χ1n) is 10.7. The molecule has 0 radical (unpaired) electrons. The molecule has 29 heavy (non-hydrogen) atoms. The number of hydrogen-bond donors (Lipinski definition) is 2. The predicted octanol–water partition coefficient (Wildman–Crippen LogP) is 3.71. The molecule has 1 atom stereocenters. The molecule has 3 rings (SSSR count). The summed E-state index contributed by atoms with van der Waals surface area (Å²) in [5.41, 5.74) is 2.38. The fourth-order valence-corrected chi connectivity index (χ4v) is 3.61. The maximum absolute atomic E-state index is 5.72. The van der Waals surface area contributed by atoms with Gasteiger partial charge in [0.05, 0.1) is 25.5 Å². The molecule has 2 N–H and O–H groups in total. The molecule has 1 aromatic heterocycles. The standard InChI is InChI=1S/C23H34N4O2/c1-3-24-23(25-16-19-9-11-20(12-10-19)18-28-4-2)26-17-21(22-8-7-15-29-22)27-13-5-6-14-27/h7-12,15,21H,3-6,13-14,16-18H2,1-2H3,(H2,24,25,26). The second-order valence-corrected chi connectivity index (χ2v) is 7.30. The Labute approximate surface area is 174 Å². The smallest absolute Gasteiger partial charge is 0.191 e. The zero-order valence-electron chi connectivity index (χ0n) is 17.7. The van der Waals surface area contributed by atoms with Crippen molar-refractivity contribution in [2.45, 2.75) is 45.9 Å². The van der Waals surface area contributed by atoms with Crippen LogP contribution >= 0.6 is 0 Å². The van der Waals surface area contributed by atoms with E-state index in [-0.39, 0.29) is 6.04 Å². The van der Waals surface area contributed by atoms with Crippen LogP contribution in [-0.2, 0) is 17.9 Å². The van der Waals surface area contributed by atoms with E-state index in [2.05, 4.69) is 52.8 Å². The molecule has 1 saturated heterocycles. The monoisotopic (exact) mass is 398 g/mol. The Bertz CT molecular complexity index is 722. The Balaban J connectivity index is 1.59. The summed E-state index contributed by atoms with van der Waals surface area (Å²) < 4.78 is 11.2. The van der Waals surface area contributed by atoms with Crippen molar-refractivity contribution in [3.05, 3.63) is 59.5 Å². The molecule has 2 heterocycles. The van der Waals surface area contributed by atoms with Gasteiger partial charge < -0.3 is 19.8 Å². The molecule has 1 aliphatic rings. The second kappa shape index (κ2) is 11.6. The van der Waals surface area contributed by atoms with E-state index in [9.17, 15) is 0 Å². The van der Waals surface area contributed by atoms with Gasteiger partial charge in [0.25, 0.3) is 0 Å². The fraction of sp³-hybridized carbons (Fsp3) is 0.522. The average molecular weight is 399 g/mol. The SMILES string of the molecule is CCNC(=NCc1ccc(COCC)cc1)NCC(c1ccco1)N1CCCC1. The topological polar surface area (TPSA) is 62.0 Å². The van der Waals surface area contributed by atoms with E-state index in [1.165, 1.54) is 24.0 Å². The number of nitrogens with zero attached hydrogens (tertiary/aromatic N) is 2. The molecule has 6 heteroatoms. The van der Waals surface area contributed by atoms with Gasteiger partial charge in [-0.2, -0.15) is 0 Å². The minimum absolute atomic E-state index is 0.231. The van der Waals surface area contributed by atoms with Crippen LogP contribution in [0, 0.1) is 0 Å². The van der Waals surface area contributed by atoms with Crippen LogP contribution in [0.4, 0.5) is 0 Å². The van der Waals surface area contributed by atoms with Crippen LogP contribution in [0.3, 0.4) is 0 Å². The zero-order valence-corrected chi connectivity index (χ0v) is 17.7. The molecular formula is C23H34N4O2. The molecule has 0 amide bonds. The number of nitrogens with one attached hydrogen (secondary N) is 2. The Hall–Kier alpha value is -2.31. The van der Waals surface area contributed by atoms with Crippen molar-refractivity contribution in [3.8, 4) is 0 Å². The summed E-state index contributed by atoms with van der Waals surface area (Å²) in [7, 11) is 0. The number of furan rings is 1. The summed E-state index contributed by atoms with van der Waals surface area (Å²) in [6.45, 7) is 9.97. The predicted molar refractivity (Wildman–Crippen MR) is 117 cm³/mol. The lowest BCUT2D eigenvalue weighted by Crippen LogP contribution is -2.42. The van der Waals surface area contributed by atoms with Crippen LogP contribution in [-0.4, -0.2) is 43.6 Å². The van der Waals surface area contributed by atoms with Gasteiger partial charge >= 0.3 is 0 Å². The highest BCUT2D eigenvalue weighted by atomic mass is 16.5. The number of aliphatic imine (C=N–C) groups is 1. The normalized spacial score (nSPS) is 16.1. The number of hydrogen-bond acceptors (Lipinski definition) is 4. The van der Waals surface area contributed by atoms with Gasteiger partial charge in [0.1, 0.15) is 5.76 Å². The molecule has 0 aliphatic carbocycles. The quantitative estimate of drug-likeness (QED) is 0.472. The lowest BCUT2D eigenvalue weighted by Gasteiger charge is -2.26. The molecule has 2 aromatic rings. The van der Waals surface area contributed by atoms with Gasteiger partial charge in [0, 0.05) is 19.7 Å². The number of likely N-dealkylation sites (tertiary alicyclic amines) is 1. The summed E-state index contributed by atoms with van der Waals surface area (Å²) in [6.07, 6.45) is 4.27. The number of rotatable bonds is 10. The first-order chi connectivity index (χ1) is 14.3. The highest BCUT2D eigenvalue weighted by Gasteiger charge is 2.25. The molecule has 0 bridgehead atoms. The number of ether oxygens (including phenoxy) is 1. The van der Waals surface area contributed by atoms with E-state index in [0.717, 1.165) is 44.5 Å². The second-order valence-electron chi connectivity index (χ2n) is 7.30. The van der Waals surface area contributed by atoms with Crippen molar-refractivity contribution in [2.24, 2.45) is 4.99 Å². The average Bonchev–Trinajstić information content (AvgIpc) is 3.46. The lowest BCUT2D eigenvalue weighted by molar-refractivity contribution is 0.134. The minimum Gasteiger partial charge on any atom is -0.468 e. The van der Waals surface area contributed by atoms with E-state index >= 15 is 0 Å². The van der Waals surface area contributed by atoms with E-state index in [1.807, 2.05) is 13.0 Å². The van der Waals surface area contributed by atoms with Gasteiger partial charge in [0.2, 0.25) is 0 Å². The fourth-order valence-electron chi connectivity index (χ4n) is 3.61. The summed E-state index contributed by atoms with van der Waals surface area (Å²) in [5, 5.41) is 6.87. The van der Waals surface area contributed by atoms with Gasteiger partial charge in [-0.05, 0) is 63.0 Å². The Morgan fingerprint density at radius 2 is 1.86 bits per heavy atom. The minimum atomic E-state index is 0.231. The Morgan fingerprint density at radius 3 is 2.52 bits per heavy atom. The summed E-state index contributed by atoms with van der Waals surface area (Å²) in [5.74, 6) is 1.85. The van der Waals surface area contributed by atoms with Crippen LogP contribution in [0.2, 0.25) is 0 Å². The molecule has 1 fully saturated rings. The molecule has 1 unspecified atom stereocenters. The molecule has 0 saturated carbocycles. The van der Waals surface area contributed by atoms with Crippen LogP contribution < -0.4 is 10.6 Å². The molecule has 0 spiro atoms. The third kappa shape index (κ3) is 6.61. The molecule has 1 aliphatic heterocycles. The Kier molecular flexibility index (Phi) is 8.58. The summed E-state index contributed by atoms with van der Waals surface area (Å²) >= 11 is 0. The Morgan fingerprint density at radius 1 is 1.10 bits per heavy atom. The maximum Gasteiger partial charge on any atom is 0.191 e. The van der Waals surface area contributed by atoms with Crippen molar-refractivity contribution in [3.63, 3.8) is 0 Å². The van der Waals surface area contributed by atoms with E-state index < -0.39 is 0 Å². The summed E-state index contributed by atoms with van der Waals surface area (Å²) in [4.78, 5) is 7.26. The molecular weight excluding hydrogens is 364 g/mol. The largest absolute Gasteiger partial charge is 0.468 e. The van der Waals surface area contributed by atoms with E-state index in [1.54, 1.807) is 6.26 Å². The molecule has 158 valence electrons. The molecule has 1 aromatic carbocycles. The van der Waals surface area contributed by atoms with Crippen molar-refractivity contribution >= 4 is 5.96 Å². The van der Waals surface area contributed by atoms with Crippen LogP contribution in [0.15, 0.2) is 52.1 Å². The zero-order chi connectivity index (χ0) is 20.3. The number of guanidine groups is 1. The van der Waals surface area contributed by atoms with Crippen molar-refractivity contribution in [1.29, 1.82) is 0 Å². The first kappa shape index (κ1) is 21.4. The third-order valence-electron chi connectivity index (χ3n) is 5.18. The third-order valence-corrected chi connectivity index (χ3v) is 5.18. The highest BCUT2D eigenvalue weighted by Crippen LogP contribution is 2.24. The highest BCUT2D eigenvalue weighted by molar-refractivity contribution is 5.79. The number of benzene rings is 1. The van der Waals surface area contributed by atoms with Crippen LogP contribution in [0.1, 0.15) is 49.6 Å². The lowest BCUT2D eigenvalue weighted by atomic mass is 10.1. The van der Waals surface area contributed by atoms with Crippen molar-refractivity contribution < 1.29 is 9.15 Å². The van der Waals surface area contributed by atoms with Crippen LogP contribution in [0.5, 0.6) is 0 Å². The van der Waals surface area contributed by atoms with Gasteiger partial charge in [-0.3, -0.25) is 4.90 Å². The van der Waals surface area contributed by atoms with Gasteiger partial charge in [-0.1, -0.05) is 24.3 Å². The van der Waals surface area contributed by atoms with Crippen LogP contribution in [0.25, 0.3) is 0 Å². The van der Waals surface area contributed by atoms with Crippen molar-refractivity contribution in [1.82, 2.24) is 15.5 Å².